The number of nitrogens with one attached hydrogen (secondary N) is 1. The van der Waals surface area contributed by atoms with Crippen LogP contribution in [0.1, 0.15) is 34.5 Å². The summed E-state index contributed by atoms with van der Waals surface area (Å²) in [5, 5.41) is 2.84. The van der Waals surface area contributed by atoms with Crippen LogP contribution in [0.5, 0.6) is 11.5 Å². The molecule has 1 N–H and O–H groups in total. The molecule has 0 saturated heterocycles. The third kappa shape index (κ3) is 3.80. The molecule has 0 heterocycles. The van der Waals surface area contributed by atoms with Gasteiger partial charge in [-0.05, 0) is 49.7 Å². The zero-order chi connectivity index (χ0) is 17.0. The zero-order valence-electron chi connectivity index (χ0n) is 13.6. The summed E-state index contributed by atoms with van der Waals surface area (Å²) >= 11 is 0. The molecule has 0 saturated carbocycles. The molecular weight excluding hydrogens is 297 g/mol. The largest absolute Gasteiger partial charge is 0.497 e. The van der Waals surface area contributed by atoms with Crippen molar-refractivity contribution in [1.29, 1.82) is 0 Å². The molecule has 2 aromatic carbocycles. The number of carbonyl (C=O) groups is 1. The first kappa shape index (κ1) is 16.8. The first-order valence-electron chi connectivity index (χ1n) is 7.25. The second-order valence-electron chi connectivity index (χ2n) is 5.27. The minimum Gasteiger partial charge on any atom is -0.497 e. The topological polar surface area (TPSA) is 47.6 Å². The third-order valence-corrected chi connectivity index (χ3v) is 3.68. The van der Waals surface area contributed by atoms with Gasteiger partial charge in [-0.1, -0.05) is 6.07 Å². The number of halogens is 1. The highest BCUT2D eigenvalue weighted by molar-refractivity contribution is 5.94. The molecule has 1 atom stereocenters. The summed E-state index contributed by atoms with van der Waals surface area (Å²) in [7, 11) is 3.14. The highest BCUT2D eigenvalue weighted by Crippen LogP contribution is 2.29. The average molecular weight is 317 g/mol. The lowest BCUT2D eigenvalue weighted by Gasteiger charge is -2.18. The fourth-order valence-electron chi connectivity index (χ4n) is 2.27. The van der Waals surface area contributed by atoms with E-state index >= 15 is 0 Å². The lowest BCUT2D eigenvalue weighted by Crippen LogP contribution is -2.27. The quantitative estimate of drug-likeness (QED) is 0.916. The molecule has 23 heavy (non-hydrogen) atoms. The molecule has 4 nitrogen and oxygen atoms in total. The monoisotopic (exact) mass is 317 g/mol. The Morgan fingerprint density at radius 1 is 1.13 bits per heavy atom. The Hall–Kier alpha value is -2.56. The molecule has 0 aliphatic carbocycles. The number of carbonyl (C=O) groups excluding carboxylic acids is 1. The van der Waals surface area contributed by atoms with E-state index in [2.05, 4.69) is 5.32 Å². The van der Waals surface area contributed by atoms with E-state index in [-0.39, 0.29) is 17.5 Å². The maximum absolute atomic E-state index is 13.6. The Balaban J connectivity index is 2.22. The fraction of sp³-hybridized carbons (Fsp3) is 0.278. The van der Waals surface area contributed by atoms with Gasteiger partial charge < -0.3 is 14.8 Å². The normalized spacial score (nSPS) is 11.7. The summed E-state index contributed by atoms with van der Waals surface area (Å²) in [4.78, 5) is 12.3. The minimum absolute atomic E-state index is 0.279. The fourth-order valence-corrected chi connectivity index (χ4v) is 2.27. The molecule has 0 bridgehead atoms. The van der Waals surface area contributed by atoms with Crippen molar-refractivity contribution < 1.29 is 18.7 Å². The van der Waals surface area contributed by atoms with Crippen molar-refractivity contribution in [3.05, 3.63) is 58.9 Å². The van der Waals surface area contributed by atoms with Crippen LogP contribution < -0.4 is 14.8 Å². The molecule has 0 aliphatic heterocycles. The summed E-state index contributed by atoms with van der Waals surface area (Å²) in [6.07, 6.45) is 0. The lowest BCUT2D eigenvalue weighted by molar-refractivity contribution is 0.0939. The van der Waals surface area contributed by atoms with E-state index in [0.717, 1.165) is 5.56 Å². The summed E-state index contributed by atoms with van der Waals surface area (Å²) in [5.74, 6) is 0.572. The van der Waals surface area contributed by atoms with Gasteiger partial charge in [0.1, 0.15) is 17.3 Å². The smallest absolute Gasteiger partial charge is 0.251 e. The van der Waals surface area contributed by atoms with Crippen LogP contribution in [0.2, 0.25) is 0 Å². The van der Waals surface area contributed by atoms with E-state index < -0.39 is 5.82 Å². The van der Waals surface area contributed by atoms with Gasteiger partial charge in [0.25, 0.3) is 5.91 Å². The summed E-state index contributed by atoms with van der Waals surface area (Å²) < 4.78 is 24.1. The second kappa shape index (κ2) is 7.13. The number of hydrogen-bond acceptors (Lipinski definition) is 3. The number of amides is 1. The van der Waals surface area contributed by atoms with Gasteiger partial charge >= 0.3 is 0 Å². The molecule has 5 heteroatoms. The number of hydrogen-bond donors (Lipinski definition) is 1. The van der Waals surface area contributed by atoms with Crippen LogP contribution in [0.25, 0.3) is 0 Å². The van der Waals surface area contributed by atoms with Gasteiger partial charge in [-0.25, -0.2) is 4.39 Å². The number of ether oxygens (including phenoxy) is 2. The van der Waals surface area contributed by atoms with E-state index in [1.54, 1.807) is 51.5 Å². The van der Waals surface area contributed by atoms with Crippen LogP contribution in [0.3, 0.4) is 0 Å². The maximum Gasteiger partial charge on any atom is 0.251 e. The molecular formula is C18H20FNO3. The number of rotatable bonds is 5. The van der Waals surface area contributed by atoms with Crippen molar-refractivity contribution in [3.63, 3.8) is 0 Å². The van der Waals surface area contributed by atoms with Crippen LogP contribution in [-0.4, -0.2) is 20.1 Å². The molecule has 0 radical (unpaired) electrons. The van der Waals surface area contributed by atoms with Crippen LogP contribution >= 0.6 is 0 Å². The van der Waals surface area contributed by atoms with Gasteiger partial charge in [-0.2, -0.15) is 0 Å². The summed E-state index contributed by atoms with van der Waals surface area (Å²) in [6.45, 7) is 3.49. The van der Waals surface area contributed by atoms with Crippen LogP contribution in [0, 0.1) is 12.7 Å². The van der Waals surface area contributed by atoms with E-state index in [4.69, 9.17) is 9.47 Å². The van der Waals surface area contributed by atoms with Crippen molar-refractivity contribution >= 4 is 5.91 Å². The molecule has 0 aromatic heterocycles. The third-order valence-electron chi connectivity index (χ3n) is 3.68. The van der Waals surface area contributed by atoms with Crippen LogP contribution in [0.15, 0.2) is 36.4 Å². The molecule has 1 amide bonds. The Morgan fingerprint density at radius 3 is 2.48 bits per heavy atom. The van der Waals surface area contributed by atoms with Crippen molar-refractivity contribution in [1.82, 2.24) is 5.32 Å². The molecule has 0 fully saturated rings. The highest BCUT2D eigenvalue weighted by Gasteiger charge is 2.17. The second-order valence-corrected chi connectivity index (χ2v) is 5.27. The number of benzene rings is 2. The van der Waals surface area contributed by atoms with Gasteiger partial charge in [0.05, 0.1) is 20.3 Å². The summed E-state index contributed by atoms with van der Waals surface area (Å²) in [6, 6.07) is 9.47. The zero-order valence-corrected chi connectivity index (χ0v) is 13.6. The number of aryl methyl sites for hydroxylation is 1. The molecule has 2 rings (SSSR count). The standard InChI is InChI=1S/C18H20FNO3/c1-11-5-6-13(9-16(11)19)18(21)20-12(2)15-10-14(22-3)7-8-17(15)23-4/h5-10,12H,1-4H3,(H,20,21)/t12-/m0/s1. The Kier molecular flexibility index (Phi) is 5.21. The van der Waals surface area contributed by atoms with E-state index in [1.807, 2.05) is 6.92 Å². The predicted molar refractivity (Wildman–Crippen MR) is 86.6 cm³/mol. The molecule has 122 valence electrons. The predicted octanol–water partition coefficient (Wildman–Crippen LogP) is 3.64. The molecule has 0 spiro atoms. The van der Waals surface area contributed by atoms with E-state index in [9.17, 15) is 9.18 Å². The van der Waals surface area contributed by atoms with Crippen LogP contribution in [0.4, 0.5) is 4.39 Å². The van der Waals surface area contributed by atoms with E-state index in [1.165, 1.54) is 6.07 Å². The Bertz CT molecular complexity index is 715. The van der Waals surface area contributed by atoms with Gasteiger partial charge in [0.2, 0.25) is 0 Å². The first-order chi connectivity index (χ1) is 11.0. The molecule has 2 aromatic rings. The average Bonchev–Trinajstić information content (AvgIpc) is 2.56. The van der Waals surface area contributed by atoms with Gasteiger partial charge in [0, 0.05) is 11.1 Å². The maximum atomic E-state index is 13.6. The van der Waals surface area contributed by atoms with Crippen molar-refractivity contribution in [2.75, 3.05) is 14.2 Å². The van der Waals surface area contributed by atoms with Gasteiger partial charge in [-0.15, -0.1) is 0 Å². The van der Waals surface area contributed by atoms with Crippen molar-refractivity contribution in [3.8, 4) is 11.5 Å². The Labute approximate surface area is 135 Å². The minimum atomic E-state index is -0.399. The van der Waals surface area contributed by atoms with Crippen molar-refractivity contribution in [2.45, 2.75) is 19.9 Å². The van der Waals surface area contributed by atoms with Gasteiger partial charge in [-0.3, -0.25) is 4.79 Å². The lowest BCUT2D eigenvalue weighted by atomic mass is 10.1. The van der Waals surface area contributed by atoms with E-state index in [0.29, 0.717) is 17.1 Å². The summed E-state index contributed by atoms with van der Waals surface area (Å²) in [5.41, 5.74) is 1.57. The van der Waals surface area contributed by atoms with Crippen LogP contribution in [-0.2, 0) is 0 Å². The Morgan fingerprint density at radius 2 is 1.87 bits per heavy atom. The molecule has 0 aliphatic rings. The van der Waals surface area contributed by atoms with Gasteiger partial charge in [0.15, 0.2) is 0 Å². The SMILES string of the molecule is COc1ccc(OC)c([C@H](C)NC(=O)c2ccc(C)c(F)c2)c1. The molecule has 0 unspecified atom stereocenters. The van der Waals surface area contributed by atoms with Crippen molar-refractivity contribution in [2.24, 2.45) is 0 Å². The highest BCUT2D eigenvalue weighted by atomic mass is 19.1. The number of methoxy groups -OCH3 is 2. The first-order valence-corrected chi connectivity index (χ1v) is 7.25.